The third-order valence-corrected chi connectivity index (χ3v) is 5.89. The first-order chi connectivity index (χ1) is 13.0. The molecule has 2 amide bonds. The molecule has 2 atom stereocenters. The van der Waals surface area contributed by atoms with Crippen LogP contribution in [0.25, 0.3) is 0 Å². The van der Waals surface area contributed by atoms with Gasteiger partial charge in [0.2, 0.25) is 11.8 Å². The SMILES string of the molecule is CC(Cc1ccc(Cl)cc1)C(=O)N1CC(=O)N2CCc3ccccc3C2C1. The zero-order chi connectivity index (χ0) is 19.0. The van der Waals surface area contributed by atoms with Crippen LogP contribution in [0.4, 0.5) is 0 Å². The van der Waals surface area contributed by atoms with Crippen molar-refractivity contribution in [3.8, 4) is 0 Å². The zero-order valence-corrected chi connectivity index (χ0v) is 16.2. The largest absolute Gasteiger partial charge is 0.332 e. The van der Waals surface area contributed by atoms with E-state index in [1.165, 1.54) is 11.1 Å². The molecule has 2 heterocycles. The van der Waals surface area contributed by atoms with Crippen molar-refractivity contribution >= 4 is 23.4 Å². The quantitative estimate of drug-likeness (QED) is 0.815. The van der Waals surface area contributed by atoms with Gasteiger partial charge in [-0.05, 0) is 41.7 Å². The lowest BCUT2D eigenvalue weighted by atomic mass is 9.90. The smallest absolute Gasteiger partial charge is 0.242 e. The van der Waals surface area contributed by atoms with Crippen LogP contribution in [-0.4, -0.2) is 41.2 Å². The lowest BCUT2D eigenvalue weighted by Gasteiger charge is -2.45. The van der Waals surface area contributed by atoms with E-state index in [4.69, 9.17) is 11.6 Å². The summed E-state index contributed by atoms with van der Waals surface area (Å²) >= 11 is 5.94. The summed E-state index contributed by atoms with van der Waals surface area (Å²) in [7, 11) is 0. The van der Waals surface area contributed by atoms with Gasteiger partial charge < -0.3 is 9.80 Å². The maximum atomic E-state index is 13.0. The van der Waals surface area contributed by atoms with Gasteiger partial charge in [0.25, 0.3) is 0 Å². The van der Waals surface area contributed by atoms with Crippen LogP contribution in [0.3, 0.4) is 0 Å². The molecule has 2 aromatic rings. The van der Waals surface area contributed by atoms with Crippen LogP contribution in [0.5, 0.6) is 0 Å². The van der Waals surface area contributed by atoms with Gasteiger partial charge in [-0.15, -0.1) is 0 Å². The number of hydrogen-bond donors (Lipinski definition) is 0. The minimum absolute atomic E-state index is 0.0251. The molecule has 0 aromatic heterocycles. The Morgan fingerprint density at radius 3 is 2.70 bits per heavy atom. The molecule has 2 aromatic carbocycles. The summed E-state index contributed by atoms with van der Waals surface area (Å²) in [6, 6.07) is 15.8. The first kappa shape index (κ1) is 18.1. The highest BCUT2D eigenvalue weighted by atomic mass is 35.5. The fourth-order valence-electron chi connectivity index (χ4n) is 4.22. The standard InChI is InChI=1S/C22H23ClN2O2/c1-15(12-16-6-8-18(23)9-7-16)22(27)24-13-20-19-5-3-2-4-17(19)10-11-25(20)21(26)14-24/h2-9,15,20H,10-14H2,1H3. The first-order valence-electron chi connectivity index (χ1n) is 9.43. The van der Waals surface area contributed by atoms with Gasteiger partial charge in [-0.2, -0.15) is 0 Å². The highest BCUT2D eigenvalue weighted by Gasteiger charge is 2.39. The molecule has 4 rings (SSSR count). The maximum Gasteiger partial charge on any atom is 0.242 e. The van der Waals surface area contributed by atoms with Crippen molar-refractivity contribution in [2.75, 3.05) is 19.6 Å². The van der Waals surface area contributed by atoms with Crippen LogP contribution in [0.1, 0.15) is 29.7 Å². The molecule has 1 fully saturated rings. The Labute approximate surface area is 164 Å². The van der Waals surface area contributed by atoms with Crippen LogP contribution in [-0.2, 0) is 22.4 Å². The molecule has 0 aliphatic carbocycles. The van der Waals surface area contributed by atoms with E-state index in [1.807, 2.05) is 48.2 Å². The highest BCUT2D eigenvalue weighted by Crippen LogP contribution is 2.33. The summed E-state index contributed by atoms with van der Waals surface area (Å²) in [4.78, 5) is 29.4. The Kier molecular flexibility index (Phi) is 4.92. The molecule has 0 bridgehead atoms. The minimum atomic E-state index is -0.177. The highest BCUT2D eigenvalue weighted by molar-refractivity contribution is 6.30. The Hall–Kier alpha value is -2.33. The molecular weight excluding hydrogens is 360 g/mol. The van der Waals surface area contributed by atoms with E-state index >= 15 is 0 Å². The Morgan fingerprint density at radius 2 is 1.93 bits per heavy atom. The normalized spacial score (nSPS) is 20.1. The van der Waals surface area contributed by atoms with Crippen molar-refractivity contribution in [3.63, 3.8) is 0 Å². The van der Waals surface area contributed by atoms with E-state index in [9.17, 15) is 9.59 Å². The van der Waals surface area contributed by atoms with Crippen LogP contribution >= 0.6 is 11.6 Å². The second-order valence-electron chi connectivity index (χ2n) is 7.50. The fourth-order valence-corrected chi connectivity index (χ4v) is 4.34. The van der Waals surface area contributed by atoms with Gasteiger partial charge in [0.1, 0.15) is 0 Å². The van der Waals surface area contributed by atoms with Crippen molar-refractivity contribution in [1.29, 1.82) is 0 Å². The van der Waals surface area contributed by atoms with Gasteiger partial charge in [0.15, 0.2) is 0 Å². The maximum absolute atomic E-state index is 13.0. The minimum Gasteiger partial charge on any atom is -0.332 e. The summed E-state index contributed by atoms with van der Waals surface area (Å²) in [5.74, 6) is -0.0850. The average Bonchev–Trinajstić information content (AvgIpc) is 2.68. The van der Waals surface area contributed by atoms with Crippen molar-refractivity contribution in [3.05, 3.63) is 70.2 Å². The molecule has 0 spiro atoms. The topological polar surface area (TPSA) is 40.6 Å². The number of benzene rings is 2. The van der Waals surface area contributed by atoms with Crippen LogP contribution in [0.15, 0.2) is 48.5 Å². The lowest BCUT2D eigenvalue weighted by Crippen LogP contribution is -2.56. The summed E-state index contributed by atoms with van der Waals surface area (Å²) in [6.45, 7) is 3.43. The number of carbonyl (C=O) groups is 2. The molecule has 2 aliphatic rings. The molecular formula is C22H23ClN2O2. The average molecular weight is 383 g/mol. The van der Waals surface area contributed by atoms with Gasteiger partial charge in [-0.3, -0.25) is 9.59 Å². The van der Waals surface area contributed by atoms with Gasteiger partial charge in [-0.25, -0.2) is 0 Å². The first-order valence-corrected chi connectivity index (χ1v) is 9.81. The van der Waals surface area contributed by atoms with Crippen molar-refractivity contribution in [2.45, 2.75) is 25.8 Å². The fraction of sp³-hybridized carbons (Fsp3) is 0.364. The van der Waals surface area contributed by atoms with E-state index in [0.717, 1.165) is 18.5 Å². The Bertz CT molecular complexity index is 865. The zero-order valence-electron chi connectivity index (χ0n) is 15.4. The third-order valence-electron chi connectivity index (χ3n) is 5.64. The van der Waals surface area contributed by atoms with Crippen LogP contribution < -0.4 is 0 Å². The molecule has 0 radical (unpaired) electrons. The van der Waals surface area contributed by atoms with Gasteiger partial charge in [-0.1, -0.05) is 54.9 Å². The number of hydrogen-bond acceptors (Lipinski definition) is 2. The van der Waals surface area contributed by atoms with E-state index < -0.39 is 0 Å². The van der Waals surface area contributed by atoms with Gasteiger partial charge >= 0.3 is 0 Å². The van der Waals surface area contributed by atoms with Crippen molar-refractivity contribution in [1.82, 2.24) is 9.80 Å². The second-order valence-corrected chi connectivity index (χ2v) is 7.94. The van der Waals surface area contributed by atoms with E-state index in [0.29, 0.717) is 18.0 Å². The predicted molar refractivity (Wildman–Crippen MR) is 106 cm³/mol. The molecule has 0 N–H and O–H groups in total. The Balaban J connectivity index is 1.50. The van der Waals surface area contributed by atoms with E-state index in [1.54, 1.807) is 4.90 Å². The summed E-state index contributed by atoms with van der Waals surface area (Å²) in [5.41, 5.74) is 3.54. The third kappa shape index (κ3) is 3.59. The number of rotatable bonds is 3. The van der Waals surface area contributed by atoms with Gasteiger partial charge in [0.05, 0.1) is 12.6 Å². The molecule has 4 nitrogen and oxygen atoms in total. The molecule has 140 valence electrons. The number of amides is 2. The molecule has 2 unspecified atom stereocenters. The molecule has 27 heavy (non-hydrogen) atoms. The molecule has 5 heteroatoms. The lowest BCUT2D eigenvalue weighted by molar-refractivity contribution is -0.151. The summed E-state index contributed by atoms with van der Waals surface area (Å²) in [5, 5.41) is 0.690. The van der Waals surface area contributed by atoms with Gasteiger partial charge in [0, 0.05) is 24.0 Å². The van der Waals surface area contributed by atoms with E-state index in [2.05, 4.69) is 12.1 Å². The van der Waals surface area contributed by atoms with Crippen LogP contribution in [0, 0.1) is 5.92 Å². The number of nitrogens with zero attached hydrogens (tertiary/aromatic N) is 2. The number of fused-ring (bicyclic) bond motifs is 3. The molecule has 1 saturated heterocycles. The number of halogens is 1. The number of piperazine rings is 1. The summed E-state index contributed by atoms with van der Waals surface area (Å²) in [6.07, 6.45) is 1.53. The second kappa shape index (κ2) is 7.35. The number of carbonyl (C=O) groups excluding carboxylic acids is 2. The molecule has 0 saturated carbocycles. The molecule has 2 aliphatic heterocycles. The van der Waals surface area contributed by atoms with Crippen molar-refractivity contribution < 1.29 is 9.59 Å². The van der Waals surface area contributed by atoms with E-state index in [-0.39, 0.29) is 30.3 Å². The van der Waals surface area contributed by atoms with Crippen molar-refractivity contribution in [2.24, 2.45) is 5.92 Å². The summed E-state index contributed by atoms with van der Waals surface area (Å²) < 4.78 is 0. The van der Waals surface area contributed by atoms with Crippen LogP contribution in [0.2, 0.25) is 5.02 Å². The monoisotopic (exact) mass is 382 g/mol. The Morgan fingerprint density at radius 1 is 1.19 bits per heavy atom. The predicted octanol–water partition coefficient (Wildman–Crippen LogP) is 3.49.